The van der Waals surface area contributed by atoms with Crippen LogP contribution in [0.5, 0.6) is 0 Å². The second-order valence-electron chi connectivity index (χ2n) is 12.1. The number of thiophene rings is 3. The summed E-state index contributed by atoms with van der Waals surface area (Å²) in [4.78, 5) is 2.46. The van der Waals surface area contributed by atoms with Crippen LogP contribution in [0.1, 0.15) is 0 Å². The van der Waals surface area contributed by atoms with Crippen LogP contribution < -0.4 is 4.90 Å². The predicted octanol–water partition coefficient (Wildman–Crippen LogP) is 14.2. The summed E-state index contributed by atoms with van der Waals surface area (Å²) in [6.07, 6.45) is 0. The average Bonchev–Trinajstić information content (AvgIpc) is 3.87. The molecule has 0 saturated heterocycles. The van der Waals surface area contributed by atoms with Crippen molar-refractivity contribution in [3.63, 3.8) is 0 Å². The van der Waals surface area contributed by atoms with Crippen LogP contribution in [0.4, 0.5) is 17.1 Å². The Labute approximate surface area is 280 Å². The Morgan fingerprint density at radius 1 is 0.383 bits per heavy atom. The summed E-state index contributed by atoms with van der Waals surface area (Å²) in [6.45, 7) is 0. The molecule has 4 heterocycles. The number of hydrogen-bond acceptors (Lipinski definition) is 5. The van der Waals surface area contributed by atoms with E-state index in [2.05, 4.69) is 144 Å². The smallest absolute Gasteiger partial charge is 0.138 e. The van der Waals surface area contributed by atoms with E-state index in [1.165, 1.54) is 65.9 Å². The molecule has 0 amide bonds. The molecule has 11 aromatic rings. The molecule has 47 heavy (non-hydrogen) atoms. The Morgan fingerprint density at radius 3 is 1.53 bits per heavy atom. The molecule has 0 aliphatic carbocycles. The predicted molar refractivity (Wildman–Crippen MR) is 207 cm³/mol. The first-order valence-electron chi connectivity index (χ1n) is 15.7. The van der Waals surface area contributed by atoms with E-state index in [0.717, 1.165) is 33.6 Å². The lowest BCUT2D eigenvalue weighted by Crippen LogP contribution is -2.10. The highest BCUT2D eigenvalue weighted by molar-refractivity contribution is 7.27. The Bertz CT molecular complexity index is 2930. The van der Waals surface area contributed by atoms with Crippen molar-refractivity contribution in [2.45, 2.75) is 0 Å². The van der Waals surface area contributed by atoms with Crippen LogP contribution in [-0.4, -0.2) is 0 Å². The minimum atomic E-state index is 0.913. The van der Waals surface area contributed by atoms with Crippen LogP contribution in [-0.2, 0) is 0 Å². The van der Waals surface area contributed by atoms with E-state index in [-0.39, 0.29) is 0 Å². The molecule has 0 atom stereocenters. The second kappa shape index (κ2) is 9.66. The van der Waals surface area contributed by atoms with Crippen LogP contribution in [0.25, 0.3) is 82.5 Å². The molecule has 2 nitrogen and oxygen atoms in total. The van der Waals surface area contributed by atoms with Gasteiger partial charge in [-0.3, -0.25) is 0 Å². The average molecular weight is 654 g/mol. The molecule has 0 radical (unpaired) electrons. The monoisotopic (exact) mass is 653 g/mol. The van der Waals surface area contributed by atoms with E-state index < -0.39 is 0 Å². The van der Waals surface area contributed by atoms with Gasteiger partial charge in [0.2, 0.25) is 0 Å². The summed E-state index contributed by atoms with van der Waals surface area (Å²) in [5.41, 5.74) is 5.23. The van der Waals surface area contributed by atoms with E-state index in [4.69, 9.17) is 4.42 Å². The third kappa shape index (κ3) is 3.70. The first-order valence-corrected chi connectivity index (χ1v) is 18.1. The molecule has 7 aromatic carbocycles. The molecular formula is C42H23NOS3. The highest BCUT2D eigenvalue weighted by Gasteiger charge is 2.24. The highest BCUT2D eigenvalue weighted by Crippen LogP contribution is 2.51. The van der Waals surface area contributed by atoms with E-state index >= 15 is 0 Å². The van der Waals surface area contributed by atoms with Gasteiger partial charge in [-0.2, -0.15) is 0 Å². The quantitative estimate of drug-likeness (QED) is 0.189. The molecule has 0 N–H and O–H groups in total. The minimum Gasteiger partial charge on any atom is -0.456 e. The van der Waals surface area contributed by atoms with Gasteiger partial charge in [-0.15, -0.1) is 34.0 Å². The fourth-order valence-corrected chi connectivity index (χ4v) is 10.9. The third-order valence-corrected chi connectivity index (χ3v) is 12.9. The van der Waals surface area contributed by atoms with Crippen molar-refractivity contribution in [1.29, 1.82) is 0 Å². The summed E-state index contributed by atoms with van der Waals surface area (Å²) >= 11 is 5.58. The SMILES string of the molecule is c1ccc2c(c1)oc1cc(N(c3ccc4c(c3)sc3ccccc34)c3ccc4c(c3)sc3ccccc34)c3c4ccccc4sc3c12. The van der Waals surface area contributed by atoms with Gasteiger partial charge in [-0.25, -0.2) is 0 Å². The number of furan rings is 1. The van der Waals surface area contributed by atoms with Crippen LogP contribution >= 0.6 is 34.0 Å². The van der Waals surface area contributed by atoms with Crippen molar-refractivity contribution >= 4 is 134 Å². The van der Waals surface area contributed by atoms with Gasteiger partial charge in [0.1, 0.15) is 11.2 Å². The van der Waals surface area contributed by atoms with Crippen LogP contribution in [0.15, 0.2) is 144 Å². The Hall–Kier alpha value is -5.20. The first-order chi connectivity index (χ1) is 23.3. The summed E-state index contributed by atoms with van der Waals surface area (Å²) < 4.78 is 14.4. The standard InChI is InChI=1S/C42H23NOS3/c1-5-13-33-30(11-1)41-34(44-33)23-32(40-31-12-4-8-16-37(31)47-42(40)41)43(24-17-19-28-26-9-2-6-14-35(26)45-38(28)21-24)25-18-20-29-27-10-3-7-15-36(27)46-39(29)22-25/h1-23H. The van der Waals surface area contributed by atoms with Gasteiger partial charge >= 0.3 is 0 Å². The van der Waals surface area contributed by atoms with Crippen molar-refractivity contribution in [3.8, 4) is 0 Å². The van der Waals surface area contributed by atoms with Crippen LogP contribution in [0.3, 0.4) is 0 Å². The number of fused-ring (bicyclic) bond motifs is 13. The maximum absolute atomic E-state index is 6.62. The fraction of sp³-hybridized carbons (Fsp3) is 0. The molecule has 0 saturated carbocycles. The first kappa shape index (κ1) is 25.9. The Morgan fingerprint density at radius 2 is 0.894 bits per heavy atom. The second-order valence-corrected chi connectivity index (χ2v) is 15.3. The molecule has 0 spiro atoms. The molecule has 4 aromatic heterocycles. The summed E-state index contributed by atoms with van der Waals surface area (Å²) in [6, 6.07) is 50.9. The molecular weight excluding hydrogens is 631 g/mol. The van der Waals surface area contributed by atoms with Crippen molar-refractivity contribution in [2.75, 3.05) is 4.90 Å². The van der Waals surface area contributed by atoms with E-state index in [9.17, 15) is 0 Å². The molecule has 0 bridgehead atoms. The number of para-hydroxylation sites is 1. The maximum atomic E-state index is 6.62. The zero-order valence-electron chi connectivity index (χ0n) is 24.9. The van der Waals surface area contributed by atoms with Gasteiger partial charge in [0.25, 0.3) is 0 Å². The zero-order chi connectivity index (χ0) is 30.6. The Kier molecular flexibility index (Phi) is 5.33. The summed E-state index contributed by atoms with van der Waals surface area (Å²) in [7, 11) is 0. The normalized spacial score (nSPS) is 12.3. The molecule has 0 aliphatic heterocycles. The third-order valence-electron chi connectivity index (χ3n) is 9.45. The van der Waals surface area contributed by atoms with E-state index in [0.29, 0.717) is 0 Å². The number of nitrogens with zero attached hydrogens (tertiary/aromatic N) is 1. The van der Waals surface area contributed by atoms with Crippen molar-refractivity contribution < 1.29 is 4.42 Å². The topological polar surface area (TPSA) is 16.4 Å². The van der Waals surface area contributed by atoms with Crippen LogP contribution in [0, 0.1) is 0 Å². The van der Waals surface area contributed by atoms with Crippen molar-refractivity contribution in [3.05, 3.63) is 140 Å². The number of anilines is 3. The molecule has 220 valence electrons. The maximum Gasteiger partial charge on any atom is 0.138 e. The largest absolute Gasteiger partial charge is 0.456 e. The lowest BCUT2D eigenvalue weighted by molar-refractivity contribution is 0.669. The van der Waals surface area contributed by atoms with Gasteiger partial charge in [0, 0.05) is 88.7 Å². The lowest BCUT2D eigenvalue weighted by Gasteiger charge is -2.27. The molecule has 0 unspecified atom stereocenters. The number of benzene rings is 7. The van der Waals surface area contributed by atoms with Gasteiger partial charge in [0.15, 0.2) is 0 Å². The fourth-order valence-electron chi connectivity index (χ4n) is 7.38. The van der Waals surface area contributed by atoms with Gasteiger partial charge < -0.3 is 9.32 Å². The molecule has 0 aliphatic rings. The van der Waals surface area contributed by atoms with E-state index in [1.54, 1.807) is 0 Å². The lowest BCUT2D eigenvalue weighted by atomic mass is 10.0. The van der Waals surface area contributed by atoms with Crippen molar-refractivity contribution in [1.82, 2.24) is 0 Å². The number of hydrogen-bond donors (Lipinski definition) is 0. The van der Waals surface area contributed by atoms with E-state index in [1.807, 2.05) is 34.0 Å². The van der Waals surface area contributed by atoms with Gasteiger partial charge in [-0.05, 0) is 48.5 Å². The summed E-state index contributed by atoms with van der Waals surface area (Å²) in [5, 5.41) is 10.1. The zero-order valence-corrected chi connectivity index (χ0v) is 27.3. The molecule has 11 rings (SSSR count). The summed E-state index contributed by atoms with van der Waals surface area (Å²) in [5.74, 6) is 0. The highest BCUT2D eigenvalue weighted by atomic mass is 32.1. The molecule has 0 fully saturated rings. The van der Waals surface area contributed by atoms with Crippen LogP contribution in [0.2, 0.25) is 0 Å². The Balaban J connectivity index is 1.27. The number of rotatable bonds is 3. The van der Waals surface area contributed by atoms with Gasteiger partial charge in [0.05, 0.1) is 5.69 Å². The minimum absolute atomic E-state index is 0.913. The van der Waals surface area contributed by atoms with Crippen molar-refractivity contribution in [2.24, 2.45) is 0 Å². The molecule has 5 heteroatoms. The van der Waals surface area contributed by atoms with Gasteiger partial charge in [-0.1, -0.05) is 84.9 Å².